The minimum absolute atomic E-state index is 0. The Hall–Kier alpha value is 0.0497. The smallest absolute Gasteiger partial charge is 1.00 e. The van der Waals surface area contributed by atoms with Gasteiger partial charge >= 0.3 is 37.7 Å². The van der Waals surface area contributed by atoms with Crippen LogP contribution in [0.5, 0.6) is 0 Å². The molecule has 0 atom stereocenters. The van der Waals surface area contributed by atoms with Gasteiger partial charge in [0, 0.05) is 9.79 Å². The number of hydrogen-bond acceptors (Lipinski definition) is 1. The minimum atomic E-state index is 0. The van der Waals surface area contributed by atoms with E-state index in [4.69, 9.17) is 0 Å². The Morgan fingerprint density at radius 1 is 0.643 bits per heavy atom. The average Bonchev–Trinajstić information content (AvgIpc) is 2.21. The zero-order valence-corrected chi connectivity index (χ0v) is 10.9. The Labute approximate surface area is 122 Å². The van der Waals surface area contributed by atoms with E-state index in [1.54, 1.807) is 11.8 Å². The minimum Gasteiger partial charge on any atom is -1.00 e. The molecule has 2 aromatic carbocycles. The molecule has 0 radical (unpaired) electrons. The van der Waals surface area contributed by atoms with E-state index in [-0.39, 0.29) is 40.6 Å². The molecule has 0 saturated carbocycles. The Bertz CT molecular complexity index is 330. The van der Waals surface area contributed by atoms with Gasteiger partial charge in [0.25, 0.3) is 0 Å². The summed E-state index contributed by atoms with van der Waals surface area (Å²) in [5.41, 5.74) is 0. The fourth-order valence-corrected chi connectivity index (χ4v) is 1.97. The van der Waals surface area contributed by atoms with E-state index >= 15 is 0 Å². The molecule has 0 aliphatic heterocycles. The van der Waals surface area contributed by atoms with E-state index in [0.717, 1.165) is 0 Å². The second-order valence-corrected chi connectivity index (χ2v) is 3.88. The first kappa shape index (κ1) is 12.1. The molecule has 68 valence electrons. The SMILES string of the molecule is [Ca+2].[H-].[H-].c1ccc(Sc2ccccc2)cc1. The molecular weight excluding hydrogens is 216 g/mol. The van der Waals surface area contributed by atoms with Crippen molar-refractivity contribution >= 4 is 49.5 Å². The van der Waals surface area contributed by atoms with Crippen molar-refractivity contribution in [2.45, 2.75) is 9.79 Å². The molecule has 0 bridgehead atoms. The van der Waals surface area contributed by atoms with Gasteiger partial charge in [0.2, 0.25) is 0 Å². The van der Waals surface area contributed by atoms with E-state index in [2.05, 4.69) is 48.5 Å². The van der Waals surface area contributed by atoms with Gasteiger partial charge in [0.1, 0.15) is 0 Å². The summed E-state index contributed by atoms with van der Waals surface area (Å²) in [5.74, 6) is 0. The molecule has 0 nitrogen and oxygen atoms in total. The summed E-state index contributed by atoms with van der Waals surface area (Å²) in [5, 5.41) is 0. The summed E-state index contributed by atoms with van der Waals surface area (Å²) in [6.07, 6.45) is 0. The Morgan fingerprint density at radius 2 is 1.00 bits per heavy atom. The number of hydrogen-bond donors (Lipinski definition) is 0. The maximum absolute atomic E-state index is 2.12. The second-order valence-electron chi connectivity index (χ2n) is 2.73. The van der Waals surface area contributed by atoms with Gasteiger partial charge in [-0.2, -0.15) is 0 Å². The van der Waals surface area contributed by atoms with Crippen LogP contribution in [0, 0.1) is 0 Å². The topological polar surface area (TPSA) is 0 Å². The molecule has 0 heterocycles. The van der Waals surface area contributed by atoms with Crippen LogP contribution in [0.2, 0.25) is 0 Å². The van der Waals surface area contributed by atoms with Gasteiger partial charge in [-0.25, -0.2) is 0 Å². The average molecular weight is 228 g/mol. The summed E-state index contributed by atoms with van der Waals surface area (Å²) in [6.45, 7) is 0. The zero-order chi connectivity index (χ0) is 8.93. The van der Waals surface area contributed by atoms with Crippen LogP contribution in [0.4, 0.5) is 0 Å². The quantitative estimate of drug-likeness (QED) is 0.707. The molecule has 0 amide bonds. The molecule has 0 aliphatic carbocycles. The van der Waals surface area contributed by atoms with E-state index in [1.807, 2.05) is 12.1 Å². The molecule has 0 spiro atoms. The molecule has 0 saturated heterocycles. The fourth-order valence-electron chi connectivity index (χ4n) is 1.11. The summed E-state index contributed by atoms with van der Waals surface area (Å²) >= 11 is 1.79. The monoisotopic (exact) mass is 228 g/mol. The van der Waals surface area contributed by atoms with Gasteiger partial charge in [-0.15, -0.1) is 0 Å². The summed E-state index contributed by atoms with van der Waals surface area (Å²) in [6, 6.07) is 20.8. The van der Waals surface area contributed by atoms with Crippen LogP contribution in [0.15, 0.2) is 70.5 Å². The van der Waals surface area contributed by atoms with Crippen molar-refractivity contribution in [3.63, 3.8) is 0 Å². The summed E-state index contributed by atoms with van der Waals surface area (Å²) < 4.78 is 0. The first-order valence-corrected chi connectivity index (χ1v) is 5.05. The number of rotatable bonds is 2. The number of benzene rings is 2. The molecule has 0 aliphatic rings. The van der Waals surface area contributed by atoms with Crippen LogP contribution in [0.25, 0.3) is 0 Å². The van der Waals surface area contributed by atoms with Crippen molar-refractivity contribution in [3.8, 4) is 0 Å². The third-order valence-electron chi connectivity index (χ3n) is 1.72. The van der Waals surface area contributed by atoms with Gasteiger partial charge in [-0.3, -0.25) is 0 Å². The van der Waals surface area contributed by atoms with Crippen molar-refractivity contribution in [2.24, 2.45) is 0 Å². The van der Waals surface area contributed by atoms with Crippen molar-refractivity contribution in [3.05, 3.63) is 60.7 Å². The fraction of sp³-hybridized carbons (Fsp3) is 0. The third-order valence-corrected chi connectivity index (χ3v) is 2.74. The van der Waals surface area contributed by atoms with Gasteiger partial charge in [0.05, 0.1) is 0 Å². The van der Waals surface area contributed by atoms with Gasteiger partial charge < -0.3 is 2.85 Å². The molecule has 2 rings (SSSR count). The molecule has 0 N–H and O–H groups in total. The Balaban J connectivity index is 0. The maximum atomic E-state index is 2.12. The Morgan fingerprint density at radius 3 is 1.36 bits per heavy atom. The van der Waals surface area contributed by atoms with Crippen LogP contribution in [0.1, 0.15) is 2.85 Å². The van der Waals surface area contributed by atoms with Crippen molar-refractivity contribution in [1.29, 1.82) is 0 Å². The van der Waals surface area contributed by atoms with Crippen molar-refractivity contribution in [2.75, 3.05) is 0 Å². The van der Waals surface area contributed by atoms with E-state index in [0.29, 0.717) is 0 Å². The predicted octanol–water partition coefficient (Wildman–Crippen LogP) is 3.68. The maximum Gasteiger partial charge on any atom is 2.00 e. The van der Waals surface area contributed by atoms with Crippen LogP contribution in [-0.4, -0.2) is 37.7 Å². The summed E-state index contributed by atoms with van der Waals surface area (Å²) in [4.78, 5) is 2.57. The molecule has 0 unspecified atom stereocenters. The van der Waals surface area contributed by atoms with Gasteiger partial charge in [-0.05, 0) is 24.3 Å². The molecular formula is C12H12CaS. The van der Waals surface area contributed by atoms with Crippen LogP contribution in [-0.2, 0) is 0 Å². The molecule has 0 aromatic heterocycles. The normalized spacial score (nSPS) is 9.14. The van der Waals surface area contributed by atoms with Gasteiger partial charge in [-0.1, -0.05) is 48.2 Å². The first-order valence-electron chi connectivity index (χ1n) is 4.23. The molecule has 14 heavy (non-hydrogen) atoms. The van der Waals surface area contributed by atoms with Gasteiger partial charge in [0.15, 0.2) is 0 Å². The van der Waals surface area contributed by atoms with Crippen LogP contribution in [0.3, 0.4) is 0 Å². The predicted molar refractivity (Wildman–Crippen MR) is 65.0 cm³/mol. The van der Waals surface area contributed by atoms with Crippen molar-refractivity contribution < 1.29 is 2.85 Å². The standard InChI is InChI=1S/C12H10S.Ca.2H/c1-3-7-11(8-4-1)13-12-9-5-2-6-10-12;;;/h1-10H;;;/q;+2;2*-1. The second kappa shape index (κ2) is 6.52. The Kier molecular flexibility index (Phi) is 5.64. The van der Waals surface area contributed by atoms with E-state index < -0.39 is 0 Å². The molecule has 0 fully saturated rings. The largest absolute Gasteiger partial charge is 2.00 e. The molecule has 2 heteroatoms. The molecule has 2 aromatic rings. The van der Waals surface area contributed by atoms with E-state index in [9.17, 15) is 0 Å². The third kappa shape index (κ3) is 3.66. The first-order chi connectivity index (χ1) is 6.45. The van der Waals surface area contributed by atoms with E-state index in [1.165, 1.54) is 9.79 Å². The zero-order valence-electron chi connectivity index (χ0n) is 9.89. The summed E-state index contributed by atoms with van der Waals surface area (Å²) in [7, 11) is 0. The van der Waals surface area contributed by atoms with Crippen LogP contribution >= 0.6 is 11.8 Å². The van der Waals surface area contributed by atoms with Crippen molar-refractivity contribution in [1.82, 2.24) is 0 Å². The van der Waals surface area contributed by atoms with Crippen LogP contribution < -0.4 is 0 Å².